The molecule has 168 valence electrons. The third-order valence-corrected chi connectivity index (χ3v) is 6.07. The summed E-state index contributed by atoms with van der Waals surface area (Å²) >= 11 is 0. The van der Waals surface area contributed by atoms with Crippen molar-refractivity contribution < 1.29 is 13.6 Å². The molecule has 5 nitrogen and oxygen atoms in total. The van der Waals surface area contributed by atoms with Gasteiger partial charge in [-0.25, -0.2) is 0 Å². The first-order valence-corrected chi connectivity index (χ1v) is 10.9. The molecule has 2 aromatic rings. The number of nitrogens with one attached hydrogen (secondary N) is 1. The summed E-state index contributed by atoms with van der Waals surface area (Å²) in [6.45, 7) is 6.91. The largest absolute Gasteiger partial charge is 0.341 e. The average Bonchev–Trinajstić information content (AvgIpc) is 3.66. The number of pyridine rings is 1. The number of allylic oxidation sites excluding steroid dienone is 5. The molecule has 2 fully saturated rings. The lowest BCUT2D eigenvalue weighted by Crippen LogP contribution is -2.36. The Kier molecular flexibility index (Phi) is 5.61. The number of aryl methyl sites for hydroxylation is 1. The number of alkyl halides is 2. The SMILES string of the molecule is C=C(/C=C(\C=CC)c1ccc(C2(NC(=O)c3cc(C(C)(F)F)nn3C)CC2)cn1)C1CC1. The summed E-state index contributed by atoms with van der Waals surface area (Å²) in [6.07, 6.45) is 11.8. The summed E-state index contributed by atoms with van der Waals surface area (Å²) in [4.78, 5) is 17.5. The molecule has 0 atom stereocenters. The molecule has 7 heteroatoms. The van der Waals surface area contributed by atoms with Crippen molar-refractivity contribution in [2.24, 2.45) is 13.0 Å². The van der Waals surface area contributed by atoms with Gasteiger partial charge in [-0.15, -0.1) is 0 Å². The molecule has 2 aliphatic carbocycles. The molecule has 2 aromatic heterocycles. The monoisotopic (exact) mass is 438 g/mol. The number of amides is 1. The number of halogens is 2. The van der Waals surface area contributed by atoms with Crippen molar-refractivity contribution in [1.82, 2.24) is 20.1 Å². The quantitative estimate of drug-likeness (QED) is 0.571. The molecule has 32 heavy (non-hydrogen) atoms. The first-order chi connectivity index (χ1) is 15.1. The van der Waals surface area contributed by atoms with E-state index in [1.165, 1.54) is 24.6 Å². The van der Waals surface area contributed by atoms with Crippen LogP contribution in [0.3, 0.4) is 0 Å². The molecule has 2 heterocycles. The van der Waals surface area contributed by atoms with Gasteiger partial charge in [0.15, 0.2) is 0 Å². The topological polar surface area (TPSA) is 59.8 Å². The molecule has 0 radical (unpaired) electrons. The molecule has 2 saturated carbocycles. The second-order valence-corrected chi connectivity index (χ2v) is 8.84. The molecule has 0 bridgehead atoms. The second-order valence-electron chi connectivity index (χ2n) is 8.84. The fraction of sp³-hybridized carbons (Fsp3) is 0.400. The molecule has 1 N–H and O–H groups in total. The number of nitrogens with zero attached hydrogens (tertiary/aromatic N) is 3. The molecule has 0 aromatic carbocycles. The van der Waals surface area contributed by atoms with Crippen molar-refractivity contribution in [2.75, 3.05) is 0 Å². The van der Waals surface area contributed by atoms with Crippen molar-refractivity contribution in [2.45, 2.75) is 51.0 Å². The zero-order valence-corrected chi connectivity index (χ0v) is 18.7. The smallest absolute Gasteiger partial charge is 0.288 e. The van der Waals surface area contributed by atoms with Gasteiger partial charge in [0.2, 0.25) is 0 Å². The van der Waals surface area contributed by atoms with E-state index >= 15 is 0 Å². The van der Waals surface area contributed by atoms with E-state index in [0.717, 1.165) is 48.2 Å². The van der Waals surface area contributed by atoms with Crippen molar-refractivity contribution in [3.8, 4) is 0 Å². The van der Waals surface area contributed by atoms with Gasteiger partial charge < -0.3 is 5.32 Å². The van der Waals surface area contributed by atoms with Crippen LogP contribution >= 0.6 is 0 Å². The zero-order chi connectivity index (χ0) is 23.1. The highest BCUT2D eigenvalue weighted by atomic mass is 19.3. The molecule has 2 aliphatic rings. The van der Waals surface area contributed by atoms with E-state index in [0.29, 0.717) is 5.92 Å². The van der Waals surface area contributed by atoms with Crippen LogP contribution < -0.4 is 5.32 Å². The van der Waals surface area contributed by atoms with Crippen LogP contribution in [0.25, 0.3) is 5.57 Å². The van der Waals surface area contributed by atoms with Crippen molar-refractivity contribution in [3.63, 3.8) is 0 Å². The van der Waals surface area contributed by atoms with Crippen LogP contribution in [0.15, 0.2) is 54.8 Å². The second kappa shape index (κ2) is 8.11. The van der Waals surface area contributed by atoms with Crippen LogP contribution in [0.1, 0.15) is 67.0 Å². The van der Waals surface area contributed by atoms with Gasteiger partial charge >= 0.3 is 0 Å². The summed E-state index contributed by atoms with van der Waals surface area (Å²) in [6, 6.07) is 5.07. The lowest BCUT2D eigenvalue weighted by atomic mass is 10.0. The molecular formula is C25H28F2N4O. The fourth-order valence-corrected chi connectivity index (χ4v) is 3.79. The maximum Gasteiger partial charge on any atom is 0.288 e. The van der Waals surface area contributed by atoms with E-state index in [9.17, 15) is 13.6 Å². The molecule has 0 unspecified atom stereocenters. The summed E-state index contributed by atoms with van der Waals surface area (Å²) in [5.74, 6) is -2.94. The lowest BCUT2D eigenvalue weighted by molar-refractivity contribution is 0.0122. The molecule has 0 spiro atoms. The number of carbonyl (C=O) groups is 1. The first kappa shape index (κ1) is 22.1. The predicted octanol–water partition coefficient (Wildman–Crippen LogP) is 5.27. The average molecular weight is 439 g/mol. The molecule has 1 amide bonds. The van der Waals surface area contributed by atoms with Crippen LogP contribution in [0.4, 0.5) is 8.78 Å². The maximum atomic E-state index is 13.6. The highest BCUT2D eigenvalue weighted by Gasteiger charge is 2.46. The van der Waals surface area contributed by atoms with Gasteiger partial charge in [0, 0.05) is 25.7 Å². The minimum absolute atomic E-state index is 0.106. The van der Waals surface area contributed by atoms with Crippen molar-refractivity contribution in [1.29, 1.82) is 0 Å². The fourth-order valence-electron chi connectivity index (χ4n) is 3.79. The highest BCUT2D eigenvalue weighted by Crippen LogP contribution is 2.45. The maximum absolute atomic E-state index is 13.6. The van der Waals surface area contributed by atoms with Crippen LogP contribution in [-0.4, -0.2) is 20.7 Å². The third kappa shape index (κ3) is 4.56. The Bertz CT molecular complexity index is 1100. The van der Waals surface area contributed by atoms with Crippen molar-refractivity contribution >= 4 is 11.5 Å². The Morgan fingerprint density at radius 2 is 2.06 bits per heavy atom. The van der Waals surface area contributed by atoms with Gasteiger partial charge in [-0.2, -0.15) is 13.9 Å². The Labute approximate surface area is 186 Å². The van der Waals surface area contributed by atoms with Crippen molar-refractivity contribution in [3.05, 3.63) is 77.4 Å². The Hall–Kier alpha value is -3.09. The Morgan fingerprint density at radius 3 is 2.56 bits per heavy atom. The highest BCUT2D eigenvalue weighted by molar-refractivity contribution is 5.93. The van der Waals surface area contributed by atoms with Gasteiger partial charge in [0.25, 0.3) is 11.8 Å². The van der Waals surface area contributed by atoms with Crippen LogP contribution in [0, 0.1) is 5.92 Å². The van der Waals surface area contributed by atoms with Gasteiger partial charge in [0.05, 0.1) is 11.2 Å². The molecule has 0 aliphatic heterocycles. The predicted molar refractivity (Wildman–Crippen MR) is 120 cm³/mol. The lowest BCUT2D eigenvalue weighted by Gasteiger charge is -2.18. The van der Waals surface area contributed by atoms with Gasteiger partial charge in [-0.05, 0) is 62.3 Å². The first-order valence-electron chi connectivity index (χ1n) is 10.9. The minimum atomic E-state index is -3.10. The van der Waals surface area contributed by atoms with E-state index < -0.39 is 23.1 Å². The standard InChI is InChI=1S/C25H28F2N4O/c1-5-6-18(13-16(2)17-7-8-17)20-10-9-19(15-28-20)25(11-12-25)29-23(32)21-14-22(24(3,26)27)30-31(21)4/h5-6,9-10,13-15,17H,2,7-8,11-12H2,1,3-4H3,(H,29,32)/b6-5?,18-13+. The van der Waals surface area contributed by atoms with Gasteiger partial charge in [-0.3, -0.25) is 14.5 Å². The molecule has 4 rings (SSSR count). The summed E-state index contributed by atoms with van der Waals surface area (Å²) in [5, 5.41) is 6.80. The summed E-state index contributed by atoms with van der Waals surface area (Å²) < 4.78 is 28.4. The minimum Gasteiger partial charge on any atom is -0.341 e. The van der Waals surface area contributed by atoms with Crippen LogP contribution in [-0.2, 0) is 18.5 Å². The Balaban J connectivity index is 1.52. The van der Waals surface area contributed by atoms with Gasteiger partial charge in [-0.1, -0.05) is 30.4 Å². The van der Waals surface area contributed by atoms with E-state index in [1.807, 2.05) is 31.2 Å². The number of hydrogen-bond donors (Lipinski definition) is 1. The molecule has 0 saturated heterocycles. The van der Waals surface area contributed by atoms with Gasteiger partial charge in [0.1, 0.15) is 11.4 Å². The van der Waals surface area contributed by atoms with E-state index in [4.69, 9.17) is 0 Å². The number of carbonyl (C=O) groups excluding carboxylic acids is 1. The molecular weight excluding hydrogens is 410 g/mol. The normalized spacial score (nSPS) is 18.1. The summed E-state index contributed by atoms with van der Waals surface area (Å²) in [5.41, 5.74) is 3.04. The number of hydrogen-bond acceptors (Lipinski definition) is 3. The number of rotatable bonds is 8. The zero-order valence-electron chi connectivity index (χ0n) is 18.7. The van der Waals surface area contributed by atoms with E-state index in [1.54, 1.807) is 6.20 Å². The van der Waals surface area contributed by atoms with Crippen LogP contribution in [0.5, 0.6) is 0 Å². The third-order valence-electron chi connectivity index (χ3n) is 6.07. The number of aromatic nitrogens is 3. The Morgan fingerprint density at radius 1 is 1.34 bits per heavy atom. The van der Waals surface area contributed by atoms with E-state index in [2.05, 4.69) is 28.1 Å². The van der Waals surface area contributed by atoms with Crippen LogP contribution in [0.2, 0.25) is 0 Å². The van der Waals surface area contributed by atoms with E-state index in [-0.39, 0.29) is 5.69 Å². The summed E-state index contributed by atoms with van der Waals surface area (Å²) in [7, 11) is 1.49.